The lowest BCUT2D eigenvalue weighted by Crippen LogP contribution is -2.50. The predicted molar refractivity (Wildman–Crippen MR) is 281 cm³/mol. The third kappa shape index (κ3) is 27.7. The fraction of sp³-hybridized carbons (Fsp3) is 0.982. The minimum atomic E-state index is 0. The van der Waals surface area contributed by atoms with E-state index in [-0.39, 0.29) is 13.3 Å². The molecule has 1 amide bonds. The molecule has 5 aliphatic heterocycles. The van der Waals surface area contributed by atoms with Gasteiger partial charge in [-0.1, -0.05) is 150 Å². The highest BCUT2D eigenvalue weighted by Crippen LogP contribution is 2.33. The molecule has 2 aliphatic carbocycles. The van der Waals surface area contributed by atoms with Gasteiger partial charge in [-0.2, -0.15) is 0 Å². The van der Waals surface area contributed by atoms with Crippen molar-refractivity contribution < 1.29 is 9.53 Å². The molecule has 6 nitrogen and oxygen atoms in total. The zero-order valence-corrected chi connectivity index (χ0v) is 45.2. The highest BCUT2D eigenvalue weighted by Gasteiger charge is 2.30. The molecular weight excluding hydrogens is 773 g/mol. The van der Waals surface area contributed by atoms with Gasteiger partial charge in [0.1, 0.15) is 0 Å². The Hall–Kier alpha value is -0.690. The number of carbonyl (C=O) groups excluding carboxylic acids is 1. The molecule has 5 saturated heterocycles. The summed E-state index contributed by atoms with van der Waals surface area (Å²) in [5.41, 5.74) is 0. The van der Waals surface area contributed by atoms with E-state index >= 15 is 0 Å². The lowest BCUT2D eigenvalue weighted by molar-refractivity contribution is -0.136. The number of piperidine rings is 2. The van der Waals surface area contributed by atoms with Crippen molar-refractivity contribution in [2.75, 3.05) is 79.2 Å². The molecule has 7 rings (SSSR count). The second kappa shape index (κ2) is 35.5. The molecule has 5 heterocycles. The fourth-order valence-corrected chi connectivity index (χ4v) is 9.66. The second-order valence-corrected chi connectivity index (χ2v) is 23.4. The minimum absolute atomic E-state index is 0. The first-order valence-electron chi connectivity index (χ1n) is 27.2. The standard InChI is InChI=1S/C10H21N.C9H19N.C8H15NO.C8H16O.C7H15N.2C7H14.CH4/c1-4-11-7-5-10(6-8-11)9(2)3;1-8(2)9-4-6-10(3)7-5-9;1-6(2)8-4-9(5-8)7(3)10;1-7(2)8-3-5-9-6-4-8;1-6(2)7-3-4-8-5-7;2*1-6(2)7-4-3-5-7;/h9-10H,4-8H2,1-3H3;8-9H,4-7H2,1-3H3;6,8H,4-5H2,1-3H3;7-8H,3-6H2,1-2H3;6-8H,3-5H2,1-2H3;2*6-7H,3-5H2,1-2H3;1H4. The maximum absolute atomic E-state index is 10.7. The van der Waals surface area contributed by atoms with Gasteiger partial charge in [0.05, 0.1) is 0 Å². The van der Waals surface area contributed by atoms with Crippen molar-refractivity contribution >= 4 is 5.91 Å². The van der Waals surface area contributed by atoms with Crippen molar-refractivity contribution in [1.82, 2.24) is 20.0 Å². The van der Waals surface area contributed by atoms with E-state index in [4.69, 9.17) is 4.74 Å². The Balaban J connectivity index is 0.000000714. The number of rotatable bonds is 8. The average Bonchev–Trinajstić information content (AvgIpc) is 3.70. The third-order valence-electron chi connectivity index (χ3n) is 16.5. The van der Waals surface area contributed by atoms with Crippen LogP contribution >= 0.6 is 0 Å². The summed E-state index contributed by atoms with van der Waals surface area (Å²) in [6, 6.07) is 0. The second-order valence-electron chi connectivity index (χ2n) is 23.4. The number of hydrogen-bond donors (Lipinski definition) is 1. The first-order valence-corrected chi connectivity index (χ1v) is 27.2. The molecule has 6 heteroatoms. The Morgan fingerprint density at radius 1 is 0.508 bits per heavy atom. The summed E-state index contributed by atoms with van der Waals surface area (Å²) in [5, 5.41) is 3.35. The van der Waals surface area contributed by atoms with Crippen LogP contribution in [0.1, 0.15) is 202 Å². The number of ether oxygens (including phenoxy) is 1. The number of carbonyl (C=O) groups is 1. The monoisotopic (exact) mass is 891 g/mol. The van der Waals surface area contributed by atoms with E-state index in [0.29, 0.717) is 0 Å². The van der Waals surface area contributed by atoms with Crippen molar-refractivity contribution in [2.24, 2.45) is 82.9 Å². The van der Waals surface area contributed by atoms with Crippen molar-refractivity contribution in [3.8, 4) is 0 Å². The Kier molecular flexibility index (Phi) is 35.1. The maximum Gasteiger partial charge on any atom is 0.219 e. The highest BCUT2D eigenvalue weighted by atomic mass is 16.5. The van der Waals surface area contributed by atoms with Crippen LogP contribution in [0.4, 0.5) is 0 Å². The molecule has 2 saturated carbocycles. The van der Waals surface area contributed by atoms with Gasteiger partial charge in [0.2, 0.25) is 5.91 Å². The normalized spacial score (nSPS) is 23.0. The zero-order valence-electron chi connectivity index (χ0n) is 45.2. The molecule has 0 bridgehead atoms. The lowest BCUT2D eigenvalue weighted by Gasteiger charge is -2.41. The zero-order chi connectivity index (χ0) is 46.8. The Labute approximate surface area is 397 Å². The summed E-state index contributed by atoms with van der Waals surface area (Å²) in [7, 11) is 2.22. The number of amides is 1. The lowest BCUT2D eigenvalue weighted by atomic mass is 9.78. The Bertz CT molecular complexity index is 1010. The van der Waals surface area contributed by atoms with Gasteiger partial charge in [0, 0.05) is 33.2 Å². The van der Waals surface area contributed by atoms with E-state index < -0.39 is 0 Å². The summed E-state index contributed by atoms with van der Waals surface area (Å²) in [6.07, 6.45) is 18.6. The van der Waals surface area contributed by atoms with Crippen LogP contribution < -0.4 is 5.32 Å². The van der Waals surface area contributed by atoms with E-state index in [0.717, 1.165) is 109 Å². The summed E-state index contributed by atoms with van der Waals surface area (Å²) in [6.45, 7) is 49.2. The van der Waals surface area contributed by atoms with Crippen LogP contribution in [-0.2, 0) is 9.53 Å². The van der Waals surface area contributed by atoms with Crippen molar-refractivity contribution in [3.05, 3.63) is 0 Å². The largest absolute Gasteiger partial charge is 0.381 e. The van der Waals surface area contributed by atoms with Crippen molar-refractivity contribution in [2.45, 2.75) is 202 Å². The summed E-state index contributed by atoms with van der Waals surface area (Å²) < 4.78 is 5.25. The van der Waals surface area contributed by atoms with Gasteiger partial charge in [0.15, 0.2) is 0 Å². The molecule has 1 unspecified atom stereocenters. The van der Waals surface area contributed by atoms with Crippen LogP contribution in [0.3, 0.4) is 0 Å². The highest BCUT2D eigenvalue weighted by molar-refractivity contribution is 5.74. The van der Waals surface area contributed by atoms with E-state index in [9.17, 15) is 4.79 Å². The fourth-order valence-electron chi connectivity index (χ4n) is 9.66. The van der Waals surface area contributed by atoms with Gasteiger partial charge in [-0.25, -0.2) is 0 Å². The molecule has 378 valence electrons. The van der Waals surface area contributed by atoms with Gasteiger partial charge < -0.3 is 24.8 Å². The Morgan fingerprint density at radius 2 is 0.857 bits per heavy atom. The molecule has 7 fully saturated rings. The quantitative estimate of drug-likeness (QED) is 0.263. The van der Waals surface area contributed by atoms with Crippen LogP contribution in [0.5, 0.6) is 0 Å². The number of likely N-dealkylation sites (tertiary alicyclic amines) is 3. The average molecular weight is 892 g/mol. The van der Waals surface area contributed by atoms with E-state index in [2.05, 4.69) is 126 Å². The van der Waals surface area contributed by atoms with Crippen LogP contribution in [0.25, 0.3) is 0 Å². The van der Waals surface area contributed by atoms with Gasteiger partial charge in [-0.3, -0.25) is 4.79 Å². The van der Waals surface area contributed by atoms with Crippen LogP contribution in [0.2, 0.25) is 0 Å². The Morgan fingerprint density at radius 3 is 1.10 bits per heavy atom. The molecule has 1 atom stereocenters. The molecule has 0 radical (unpaired) electrons. The smallest absolute Gasteiger partial charge is 0.219 e. The van der Waals surface area contributed by atoms with Gasteiger partial charge in [-0.15, -0.1) is 0 Å². The van der Waals surface area contributed by atoms with Crippen LogP contribution in [0, 0.1) is 82.9 Å². The molecule has 0 aromatic heterocycles. The molecule has 0 aromatic rings. The maximum atomic E-state index is 10.7. The van der Waals surface area contributed by atoms with Crippen LogP contribution in [-0.4, -0.2) is 99.8 Å². The van der Waals surface area contributed by atoms with E-state index in [1.165, 1.54) is 129 Å². The van der Waals surface area contributed by atoms with E-state index in [1.807, 2.05) is 4.90 Å². The minimum Gasteiger partial charge on any atom is -0.381 e. The molecular formula is C57H118N4O2. The van der Waals surface area contributed by atoms with Crippen molar-refractivity contribution in [3.63, 3.8) is 0 Å². The van der Waals surface area contributed by atoms with Crippen molar-refractivity contribution in [1.29, 1.82) is 0 Å². The molecule has 0 spiro atoms. The SMILES string of the molecule is C.CC(=O)N1CC(C(C)C)C1.CC(C)C1CCC1.CC(C)C1CCC1.CC(C)C1CCN(C)CC1.CC(C)C1CCNC1.CC(C)C1CCOCC1.CCN1CCC(C(C)C)CC1. The number of hydrogen-bond acceptors (Lipinski definition) is 5. The third-order valence-corrected chi connectivity index (χ3v) is 16.5. The molecule has 0 aromatic carbocycles. The number of nitrogens with one attached hydrogen (secondary N) is 1. The molecule has 1 N–H and O–H groups in total. The molecule has 63 heavy (non-hydrogen) atoms. The van der Waals surface area contributed by atoms with Gasteiger partial charge >= 0.3 is 0 Å². The topological polar surface area (TPSA) is 48.1 Å². The number of nitrogens with zero attached hydrogens (tertiary/aromatic N) is 3. The predicted octanol–water partition coefficient (Wildman–Crippen LogP) is 14.3. The first-order chi connectivity index (χ1) is 29.3. The first kappa shape index (κ1) is 62.3. The summed E-state index contributed by atoms with van der Waals surface area (Å²) >= 11 is 0. The van der Waals surface area contributed by atoms with Crippen LogP contribution in [0.15, 0.2) is 0 Å². The molecule has 7 aliphatic rings. The summed E-state index contributed by atoms with van der Waals surface area (Å²) in [4.78, 5) is 17.6. The van der Waals surface area contributed by atoms with E-state index in [1.54, 1.807) is 6.92 Å². The van der Waals surface area contributed by atoms with Gasteiger partial charge in [0.25, 0.3) is 0 Å². The van der Waals surface area contributed by atoms with Gasteiger partial charge in [-0.05, 0) is 181 Å². The summed E-state index contributed by atoms with van der Waals surface area (Å²) in [5.74, 6) is 13.2.